The van der Waals surface area contributed by atoms with E-state index >= 15 is 0 Å². The van der Waals surface area contributed by atoms with Crippen LogP contribution in [0.5, 0.6) is 0 Å². The van der Waals surface area contributed by atoms with Gasteiger partial charge >= 0.3 is 0 Å². The molecule has 6 nitrogen and oxygen atoms in total. The molecule has 0 fully saturated rings. The summed E-state index contributed by atoms with van der Waals surface area (Å²) in [5, 5.41) is 20.4. The first-order chi connectivity index (χ1) is 10.6. The summed E-state index contributed by atoms with van der Waals surface area (Å²) < 4.78 is 1.62. The van der Waals surface area contributed by atoms with Gasteiger partial charge in [0.15, 0.2) is 5.69 Å². The molecule has 0 aliphatic carbocycles. The number of nitrogens with zero attached hydrogens (tertiary/aromatic N) is 3. The van der Waals surface area contributed by atoms with Crippen LogP contribution >= 0.6 is 11.6 Å². The van der Waals surface area contributed by atoms with E-state index in [4.69, 9.17) is 16.7 Å². The van der Waals surface area contributed by atoms with Gasteiger partial charge in [0.1, 0.15) is 0 Å². The van der Waals surface area contributed by atoms with Gasteiger partial charge in [0.25, 0.3) is 5.91 Å². The summed E-state index contributed by atoms with van der Waals surface area (Å²) in [7, 11) is 0. The Kier molecular flexibility index (Phi) is 5.51. The number of aliphatic hydroxyl groups is 1. The van der Waals surface area contributed by atoms with E-state index in [-0.39, 0.29) is 18.4 Å². The zero-order chi connectivity index (χ0) is 16.1. The fourth-order valence-electron chi connectivity index (χ4n) is 2.03. The Morgan fingerprint density at radius 3 is 2.91 bits per heavy atom. The minimum Gasteiger partial charge on any atom is -0.396 e. The SMILES string of the molecule is CCc1c(C(=O)NCC(C)CO)nnn1-c1cccc(Cl)c1. The number of aliphatic hydroxyl groups excluding tert-OH is 1. The first-order valence-electron chi connectivity index (χ1n) is 7.16. The van der Waals surface area contributed by atoms with Gasteiger partial charge in [0, 0.05) is 18.2 Å². The van der Waals surface area contributed by atoms with Crippen LogP contribution < -0.4 is 5.32 Å². The van der Waals surface area contributed by atoms with E-state index in [1.807, 2.05) is 26.0 Å². The first kappa shape index (κ1) is 16.5. The molecule has 2 rings (SSSR count). The molecule has 0 aliphatic rings. The fraction of sp³-hybridized carbons (Fsp3) is 0.400. The van der Waals surface area contributed by atoms with Crippen LogP contribution in [0.4, 0.5) is 0 Å². The molecular formula is C15H19ClN4O2. The third-order valence-electron chi connectivity index (χ3n) is 3.29. The first-order valence-corrected chi connectivity index (χ1v) is 7.54. The number of rotatable bonds is 6. The van der Waals surface area contributed by atoms with Crippen molar-refractivity contribution in [2.24, 2.45) is 5.92 Å². The lowest BCUT2D eigenvalue weighted by molar-refractivity contribution is 0.0936. The number of halogens is 1. The molecule has 1 atom stereocenters. The number of aromatic nitrogens is 3. The van der Waals surface area contributed by atoms with Crippen molar-refractivity contribution in [3.8, 4) is 5.69 Å². The number of carbonyl (C=O) groups is 1. The van der Waals surface area contributed by atoms with E-state index in [2.05, 4.69) is 15.6 Å². The van der Waals surface area contributed by atoms with Crippen molar-refractivity contribution in [2.45, 2.75) is 20.3 Å². The van der Waals surface area contributed by atoms with Crippen molar-refractivity contribution in [2.75, 3.05) is 13.2 Å². The van der Waals surface area contributed by atoms with Gasteiger partial charge in [-0.1, -0.05) is 36.7 Å². The molecule has 0 saturated heterocycles. The van der Waals surface area contributed by atoms with E-state index < -0.39 is 0 Å². The average molecular weight is 323 g/mol. The smallest absolute Gasteiger partial charge is 0.273 e. The Labute approximate surface area is 134 Å². The maximum Gasteiger partial charge on any atom is 0.273 e. The number of benzene rings is 1. The molecular weight excluding hydrogens is 304 g/mol. The summed E-state index contributed by atoms with van der Waals surface area (Å²) in [4.78, 5) is 12.2. The van der Waals surface area contributed by atoms with Crippen molar-refractivity contribution in [1.82, 2.24) is 20.3 Å². The summed E-state index contributed by atoms with van der Waals surface area (Å²) in [6, 6.07) is 7.22. The summed E-state index contributed by atoms with van der Waals surface area (Å²) in [5.41, 5.74) is 1.78. The molecule has 118 valence electrons. The highest BCUT2D eigenvalue weighted by Crippen LogP contribution is 2.17. The molecule has 1 aromatic heterocycles. The lowest BCUT2D eigenvalue weighted by Gasteiger charge is -2.09. The highest BCUT2D eigenvalue weighted by molar-refractivity contribution is 6.30. The fourth-order valence-corrected chi connectivity index (χ4v) is 2.21. The van der Waals surface area contributed by atoms with E-state index in [1.54, 1.807) is 16.8 Å². The molecule has 0 saturated carbocycles. The average Bonchev–Trinajstić information content (AvgIpc) is 2.96. The van der Waals surface area contributed by atoms with Crippen LogP contribution in [0.1, 0.15) is 30.0 Å². The monoisotopic (exact) mass is 322 g/mol. The normalized spacial score (nSPS) is 12.2. The maximum absolute atomic E-state index is 12.2. The van der Waals surface area contributed by atoms with E-state index in [0.29, 0.717) is 23.7 Å². The standard InChI is InChI=1S/C15H19ClN4O2/c1-3-13-14(15(22)17-8-10(2)9-21)18-19-20(13)12-6-4-5-11(16)7-12/h4-7,10,21H,3,8-9H2,1-2H3,(H,17,22). The van der Waals surface area contributed by atoms with Gasteiger partial charge in [-0.3, -0.25) is 4.79 Å². The Hall–Kier alpha value is -1.92. The van der Waals surface area contributed by atoms with Crippen LogP contribution in [-0.4, -0.2) is 39.2 Å². The zero-order valence-electron chi connectivity index (χ0n) is 12.6. The van der Waals surface area contributed by atoms with E-state index in [9.17, 15) is 4.79 Å². The Balaban J connectivity index is 2.26. The van der Waals surface area contributed by atoms with Gasteiger partial charge in [-0.15, -0.1) is 5.10 Å². The molecule has 7 heteroatoms. The van der Waals surface area contributed by atoms with Gasteiger partial charge in [0.05, 0.1) is 11.4 Å². The molecule has 0 spiro atoms. The van der Waals surface area contributed by atoms with Gasteiger partial charge in [-0.2, -0.15) is 0 Å². The summed E-state index contributed by atoms with van der Waals surface area (Å²) in [6.07, 6.45) is 0.609. The maximum atomic E-state index is 12.2. The van der Waals surface area contributed by atoms with Gasteiger partial charge in [0.2, 0.25) is 0 Å². The van der Waals surface area contributed by atoms with E-state index in [0.717, 1.165) is 11.4 Å². The topological polar surface area (TPSA) is 80.0 Å². The summed E-state index contributed by atoms with van der Waals surface area (Å²) >= 11 is 6.00. The number of amides is 1. The molecule has 0 bridgehead atoms. The van der Waals surface area contributed by atoms with Crippen LogP contribution in [0, 0.1) is 5.92 Å². The molecule has 1 heterocycles. The molecule has 1 unspecified atom stereocenters. The number of hydrogen-bond donors (Lipinski definition) is 2. The second-order valence-corrected chi connectivity index (χ2v) is 5.56. The predicted molar refractivity (Wildman–Crippen MR) is 84.3 cm³/mol. The van der Waals surface area contributed by atoms with Gasteiger partial charge in [-0.05, 0) is 30.5 Å². The second-order valence-electron chi connectivity index (χ2n) is 5.13. The van der Waals surface area contributed by atoms with Crippen molar-refractivity contribution in [1.29, 1.82) is 0 Å². The lowest BCUT2D eigenvalue weighted by atomic mass is 10.2. The van der Waals surface area contributed by atoms with Crippen molar-refractivity contribution in [3.63, 3.8) is 0 Å². The van der Waals surface area contributed by atoms with Crippen molar-refractivity contribution in [3.05, 3.63) is 40.7 Å². The molecule has 22 heavy (non-hydrogen) atoms. The highest BCUT2D eigenvalue weighted by atomic mass is 35.5. The van der Waals surface area contributed by atoms with Crippen molar-refractivity contribution >= 4 is 17.5 Å². The molecule has 1 aromatic carbocycles. The van der Waals surface area contributed by atoms with Crippen LogP contribution in [0.15, 0.2) is 24.3 Å². The quantitative estimate of drug-likeness (QED) is 0.850. The number of carbonyl (C=O) groups excluding carboxylic acids is 1. The van der Waals surface area contributed by atoms with Gasteiger partial charge in [-0.25, -0.2) is 4.68 Å². The molecule has 1 amide bonds. The van der Waals surface area contributed by atoms with Gasteiger partial charge < -0.3 is 10.4 Å². The Bertz CT molecular complexity index is 657. The van der Waals surface area contributed by atoms with Crippen LogP contribution in [0.2, 0.25) is 5.02 Å². The Morgan fingerprint density at radius 1 is 1.50 bits per heavy atom. The number of hydrogen-bond acceptors (Lipinski definition) is 4. The van der Waals surface area contributed by atoms with Crippen LogP contribution in [0.3, 0.4) is 0 Å². The van der Waals surface area contributed by atoms with Crippen LogP contribution in [-0.2, 0) is 6.42 Å². The Morgan fingerprint density at radius 2 is 2.27 bits per heavy atom. The third-order valence-corrected chi connectivity index (χ3v) is 3.52. The molecule has 0 radical (unpaired) electrons. The van der Waals surface area contributed by atoms with Crippen LogP contribution in [0.25, 0.3) is 5.69 Å². The van der Waals surface area contributed by atoms with Crippen molar-refractivity contribution < 1.29 is 9.90 Å². The molecule has 2 aromatic rings. The second kappa shape index (κ2) is 7.38. The predicted octanol–water partition coefficient (Wildman–Crippen LogP) is 1.84. The summed E-state index contributed by atoms with van der Waals surface area (Å²) in [6.45, 7) is 4.20. The lowest BCUT2D eigenvalue weighted by Crippen LogP contribution is -2.30. The molecule has 2 N–H and O–H groups in total. The minimum atomic E-state index is -0.287. The zero-order valence-corrected chi connectivity index (χ0v) is 13.3. The van der Waals surface area contributed by atoms with E-state index in [1.165, 1.54) is 0 Å². The third kappa shape index (κ3) is 3.64. The largest absolute Gasteiger partial charge is 0.396 e. The molecule has 0 aliphatic heterocycles. The summed E-state index contributed by atoms with van der Waals surface area (Å²) in [5.74, 6) is -0.289. The minimum absolute atomic E-state index is 0.00278. The number of nitrogens with one attached hydrogen (secondary N) is 1. The highest BCUT2D eigenvalue weighted by Gasteiger charge is 2.19.